The lowest BCUT2D eigenvalue weighted by Gasteiger charge is -1.99. The maximum atomic E-state index is 12.0. The third-order valence-electron chi connectivity index (χ3n) is 3.43. The number of rotatable bonds is 2. The lowest BCUT2D eigenvalue weighted by atomic mass is 10.1. The Morgan fingerprint density at radius 1 is 1.14 bits per heavy atom. The predicted molar refractivity (Wildman–Crippen MR) is 83.0 cm³/mol. The molecule has 0 saturated heterocycles. The smallest absolute Gasteiger partial charge is 0.273 e. The number of amides is 1. The number of hydrogen-bond acceptors (Lipinski definition) is 4. The van der Waals surface area contributed by atoms with Gasteiger partial charge in [0.1, 0.15) is 11.4 Å². The summed E-state index contributed by atoms with van der Waals surface area (Å²) in [6.45, 7) is 0. The Morgan fingerprint density at radius 2 is 2.05 bits per heavy atom. The second-order valence-corrected chi connectivity index (χ2v) is 4.86. The number of nitrogens with zero attached hydrogens (tertiary/aromatic N) is 3. The summed E-state index contributed by atoms with van der Waals surface area (Å²) in [5.74, 6) is -0.251. The fraction of sp³-hybridized carbons (Fsp3) is 0. The van der Waals surface area contributed by atoms with E-state index in [9.17, 15) is 4.79 Å². The summed E-state index contributed by atoms with van der Waals surface area (Å²) in [6.07, 6.45) is 6.50. The minimum absolute atomic E-state index is 0.251. The molecule has 6 nitrogen and oxygen atoms in total. The molecule has 0 spiro atoms. The summed E-state index contributed by atoms with van der Waals surface area (Å²) in [6, 6.07) is 9.93. The Labute approximate surface area is 125 Å². The maximum Gasteiger partial charge on any atom is 0.273 e. The molecule has 1 amide bonds. The molecule has 0 fully saturated rings. The number of nitrogens with one attached hydrogen (secondary N) is 2. The first-order valence-electron chi connectivity index (χ1n) is 6.75. The molecule has 0 aliphatic carbocycles. The van der Waals surface area contributed by atoms with Crippen LogP contribution >= 0.6 is 0 Å². The van der Waals surface area contributed by atoms with Crippen LogP contribution in [0.5, 0.6) is 0 Å². The van der Waals surface area contributed by atoms with Crippen molar-refractivity contribution in [3.05, 3.63) is 65.9 Å². The van der Waals surface area contributed by atoms with E-state index in [1.807, 2.05) is 30.3 Å². The molecule has 1 aromatic carbocycles. The number of H-pyrrole nitrogens is 1. The summed E-state index contributed by atoms with van der Waals surface area (Å²) in [4.78, 5) is 23.5. The van der Waals surface area contributed by atoms with Crippen LogP contribution in [0.15, 0.2) is 59.6 Å². The molecule has 106 valence electrons. The molecule has 0 saturated carbocycles. The van der Waals surface area contributed by atoms with Gasteiger partial charge in [0, 0.05) is 23.6 Å². The zero-order valence-corrected chi connectivity index (χ0v) is 11.4. The molecule has 1 aliphatic rings. The largest absolute Gasteiger partial charge is 0.355 e. The number of fused-ring (bicyclic) bond motifs is 1. The summed E-state index contributed by atoms with van der Waals surface area (Å²) in [5.41, 5.74) is 5.85. The number of carbonyl (C=O) groups excluding carboxylic acids is 1. The SMILES string of the molecule is O=C1NN=C(c2cnccn2)/C1=C\c1cc2ccccc2[nH]1. The molecule has 3 heterocycles. The number of aromatic amines is 1. The Balaban J connectivity index is 1.79. The first kappa shape index (κ1) is 12.5. The highest BCUT2D eigenvalue weighted by Crippen LogP contribution is 2.19. The van der Waals surface area contributed by atoms with Crippen molar-refractivity contribution in [2.24, 2.45) is 5.10 Å². The van der Waals surface area contributed by atoms with E-state index in [0.717, 1.165) is 16.6 Å². The highest BCUT2D eigenvalue weighted by Gasteiger charge is 2.25. The van der Waals surface area contributed by atoms with E-state index in [-0.39, 0.29) is 5.91 Å². The molecule has 1 aliphatic heterocycles. The summed E-state index contributed by atoms with van der Waals surface area (Å²) < 4.78 is 0. The highest BCUT2D eigenvalue weighted by atomic mass is 16.2. The van der Waals surface area contributed by atoms with E-state index in [1.54, 1.807) is 24.7 Å². The van der Waals surface area contributed by atoms with Gasteiger partial charge in [0.2, 0.25) is 0 Å². The highest BCUT2D eigenvalue weighted by molar-refractivity contribution is 6.32. The molecule has 0 atom stereocenters. The van der Waals surface area contributed by atoms with Crippen molar-refractivity contribution in [2.45, 2.75) is 0 Å². The van der Waals surface area contributed by atoms with Gasteiger partial charge in [-0.05, 0) is 23.6 Å². The van der Waals surface area contributed by atoms with E-state index >= 15 is 0 Å². The molecular weight excluding hydrogens is 278 g/mol. The molecule has 4 rings (SSSR count). The van der Waals surface area contributed by atoms with Crippen molar-refractivity contribution >= 4 is 28.6 Å². The van der Waals surface area contributed by atoms with Crippen LogP contribution in [0.25, 0.3) is 17.0 Å². The summed E-state index contributed by atoms with van der Waals surface area (Å²) in [5, 5.41) is 5.14. The average Bonchev–Trinajstić information content (AvgIpc) is 3.12. The first-order valence-corrected chi connectivity index (χ1v) is 6.75. The number of hydrazone groups is 1. The quantitative estimate of drug-likeness (QED) is 0.706. The zero-order chi connectivity index (χ0) is 14.9. The van der Waals surface area contributed by atoms with Crippen LogP contribution in [0.2, 0.25) is 0 Å². The Morgan fingerprint density at radius 3 is 2.86 bits per heavy atom. The lowest BCUT2D eigenvalue weighted by Crippen LogP contribution is -2.14. The lowest BCUT2D eigenvalue weighted by molar-refractivity contribution is -0.116. The fourth-order valence-electron chi connectivity index (χ4n) is 2.41. The van der Waals surface area contributed by atoms with Gasteiger partial charge in [0.25, 0.3) is 5.91 Å². The van der Waals surface area contributed by atoms with Crippen LogP contribution in [0.4, 0.5) is 0 Å². The van der Waals surface area contributed by atoms with Gasteiger partial charge in [-0.15, -0.1) is 0 Å². The van der Waals surface area contributed by atoms with Crippen LogP contribution in [0.1, 0.15) is 11.4 Å². The minimum atomic E-state index is -0.251. The third-order valence-corrected chi connectivity index (χ3v) is 3.43. The van der Waals surface area contributed by atoms with Crippen molar-refractivity contribution in [2.75, 3.05) is 0 Å². The van der Waals surface area contributed by atoms with Gasteiger partial charge in [-0.3, -0.25) is 14.8 Å². The van der Waals surface area contributed by atoms with Crippen molar-refractivity contribution in [1.82, 2.24) is 20.4 Å². The maximum absolute atomic E-state index is 12.0. The Bertz CT molecular complexity index is 891. The third kappa shape index (κ3) is 2.07. The predicted octanol–water partition coefficient (Wildman–Crippen LogP) is 1.88. The van der Waals surface area contributed by atoms with Crippen molar-refractivity contribution in [1.29, 1.82) is 0 Å². The monoisotopic (exact) mass is 289 g/mol. The molecule has 22 heavy (non-hydrogen) atoms. The van der Waals surface area contributed by atoms with Crippen LogP contribution in [0.3, 0.4) is 0 Å². The van der Waals surface area contributed by atoms with Gasteiger partial charge >= 0.3 is 0 Å². The second-order valence-electron chi connectivity index (χ2n) is 4.86. The first-order chi connectivity index (χ1) is 10.8. The van der Waals surface area contributed by atoms with Crippen LogP contribution in [0, 0.1) is 0 Å². The standard InChI is InChI=1S/C16H11N5O/c22-16-12(15(20-21-16)14-9-17-5-6-18-14)8-11-7-10-3-1-2-4-13(10)19-11/h1-9,19H,(H,21,22)/b12-8+. The molecule has 0 bridgehead atoms. The Hall–Kier alpha value is -3.28. The number of benzene rings is 1. The van der Waals surface area contributed by atoms with Gasteiger partial charge in [-0.1, -0.05) is 18.2 Å². The van der Waals surface area contributed by atoms with Crippen LogP contribution in [-0.2, 0) is 4.79 Å². The second kappa shape index (κ2) is 4.92. The minimum Gasteiger partial charge on any atom is -0.355 e. The van der Waals surface area contributed by atoms with Crippen LogP contribution < -0.4 is 5.43 Å². The van der Waals surface area contributed by atoms with E-state index in [2.05, 4.69) is 25.5 Å². The average molecular weight is 289 g/mol. The number of para-hydroxylation sites is 1. The molecular formula is C16H11N5O. The molecule has 2 aromatic heterocycles. The summed E-state index contributed by atoms with van der Waals surface area (Å²) in [7, 11) is 0. The molecule has 2 N–H and O–H groups in total. The van der Waals surface area contributed by atoms with E-state index in [0.29, 0.717) is 17.0 Å². The van der Waals surface area contributed by atoms with Gasteiger partial charge < -0.3 is 4.98 Å². The van der Waals surface area contributed by atoms with Gasteiger partial charge in [0.05, 0.1) is 11.8 Å². The Kier molecular flexibility index (Phi) is 2.79. The van der Waals surface area contributed by atoms with Crippen LogP contribution in [-0.4, -0.2) is 26.6 Å². The van der Waals surface area contributed by atoms with Gasteiger partial charge in [-0.2, -0.15) is 5.10 Å². The number of aromatic nitrogens is 3. The van der Waals surface area contributed by atoms with Gasteiger partial charge in [-0.25, -0.2) is 5.43 Å². The fourth-order valence-corrected chi connectivity index (χ4v) is 2.41. The van der Waals surface area contributed by atoms with Crippen molar-refractivity contribution in [3.63, 3.8) is 0 Å². The van der Waals surface area contributed by atoms with E-state index in [4.69, 9.17) is 0 Å². The topological polar surface area (TPSA) is 83.0 Å². The van der Waals surface area contributed by atoms with E-state index in [1.165, 1.54) is 0 Å². The van der Waals surface area contributed by atoms with E-state index < -0.39 is 0 Å². The zero-order valence-electron chi connectivity index (χ0n) is 11.4. The van der Waals surface area contributed by atoms with Crippen molar-refractivity contribution in [3.8, 4) is 0 Å². The molecule has 6 heteroatoms. The summed E-state index contributed by atoms with van der Waals surface area (Å²) >= 11 is 0. The molecule has 3 aromatic rings. The molecule has 0 unspecified atom stereocenters. The van der Waals surface area contributed by atoms with Crippen molar-refractivity contribution < 1.29 is 4.79 Å². The molecule has 0 radical (unpaired) electrons. The number of hydrogen-bond donors (Lipinski definition) is 2. The number of carbonyl (C=O) groups is 1. The normalized spacial score (nSPS) is 16.1. The van der Waals surface area contributed by atoms with Gasteiger partial charge in [0.15, 0.2) is 0 Å².